The first-order valence-corrected chi connectivity index (χ1v) is 5.95. The molecule has 0 fully saturated rings. The third-order valence-electron chi connectivity index (χ3n) is 1.97. The summed E-state index contributed by atoms with van der Waals surface area (Å²) in [6, 6.07) is 1.28. The van der Waals surface area contributed by atoms with Crippen LogP contribution in [0.5, 0.6) is 0 Å². The molecule has 88 valence electrons. The van der Waals surface area contributed by atoms with Crippen LogP contribution in [0.2, 0.25) is 0 Å². The third-order valence-corrected chi connectivity index (χ3v) is 2.80. The van der Waals surface area contributed by atoms with Crippen LogP contribution in [0.15, 0.2) is 11.4 Å². The summed E-state index contributed by atoms with van der Waals surface area (Å²) in [4.78, 5) is 22.4. The Morgan fingerprint density at radius 3 is 2.88 bits per heavy atom. The van der Waals surface area contributed by atoms with Crippen LogP contribution >= 0.6 is 11.3 Å². The van der Waals surface area contributed by atoms with E-state index < -0.39 is 5.91 Å². The van der Waals surface area contributed by atoms with Gasteiger partial charge in [0.1, 0.15) is 5.00 Å². The van der Waals surface area contributed by atoms with E-state index in [-0.39, 0.29) is 6.03 Å². The van der Waals surface area contributed by atoms with Crippen LogP contribution in [0, 0.1) is 0 Å². The highest BCUT2D eigenvalue weighted by molar-refractivity contribution is 7.14. The van der Waals surface area contributed by atoms with E-state index in [0.29, 0.717) is 17.1 Å². The molecule has 0 radical (unpaired) electrons. The van der Waals surface area contributed by atoms with Crippen molar-refractivity contribution in [1.82, 2.24) is 5.32 Å². The maximum absolute atomic E-state index is 11.4. The zero-order chi connectivity index (χ0) is 12.0. The SMILES string of the molecule is CCCCNC(=O)Nc1sccc1C(N)=O. The fourth-order valence-corrected chi connectivity index (χ4v) is 1.91. The maximum atomic E-state index is 11.4. The van der Waals surface area contributed by atoms with E-state index in [0.717, 1.165) is 12.8 Å². The predicted molar refractivity (Wildman–Crippen MR) is 64.8 cm³/mol. The second-order valence-electron chi connectivity index (χ2n) is 3.26. The number of nitrogens with two attached hydrogens (primary N) is 1. The molecule has 0 saturated heterocycles. The molecule has 0 aliphatic carbocycles. The van der Waals surface area contributed by atoms with Gasteiger partial charge in [-0.05, 0) is 17.9 Å². The summed E-state index contributed by atoms with van der Waals surface area (Å²) in [6.07, 6.45) is 1.95. The van der Waals surface area contributed by atoms with Gasteiger partial charge in [-0.15, -0.1) is 11.3 Å². The lowest BCUT2D eigenvalue weighted by molar-refractivity contribution is 0.100. The van der Waals surface area contributed by atoms with Crippen LogP contribution in [-0.2, 0) is 0 Å². The van der Waals surface area contributed by atoms with Crippen molar-refractivity contribution in [3.8, 4) is 0 Å². The molecule has 3 amide bonds. The van der Waals surface area contributed by atoms with Crippen molar-refractivity contribution in [3.63, 3.8) is 0 Å². The predicted octanol–water partition coefficient (Wildman–Crippen LogP) is 1.77. The van der Waals surface area contributed by atoms with Gasteiger partial charge in [0, 0.05) is 6.54 Å². The lowest BCUT2D eigenvalue weighted by Gasteiger charge is -2.06. The molecule has 0 aliphatic rings. The van der Waals surface area contributed by atoms with Gasteiger partial charge in [0.05, 0.1) is 5.56 Å². The average molecular weight is 241 g/mol. The summed E-state index contributed by atoms with van der Waals surface area (Å²) >= 11 is 1.27. The van der Waals surface area contributed by atoms with Crippen LogP contribution in [0.4, 0.5) is 9.80 Å². The molecule has 0 saturated carbocycles. The minimum Gasteiger partial charge on any atom is -0.366 e. The van der Waals surface area contributed by atoms with Crippen LogP contribution in [0.3, 0.4) is 0 Å². The van der Waals surface area contributed by atoms with Gasteiger partial charge >= 0.3 is 6.03 Å². The first kappa shape index (κ1) is 12.5. The van der Waals surface area contributed by atoms with Crippen molar-refractivity contribution < 1.29 is 9.59 Å². The number of carbonyl (C=O) groups is 2. The third kappa shape index (κ3) is 3.54. The molecule has 0 atom stereocenters. The molecule has 4 N–H and O–H groups in total. The topological polar surface area (TPSA) is 84.2 Å². The molecule has 1 aromatic heterocycles. The lowest BCUT2D eigenvalue weighted by Crippen LogP contribution is -2.29. The van der Waals surface area contributed by atoms with Crippen molar-refractivity contribution in [2.75, 3.05) is 11.9 Å². The monoisotopic (exact) mass is 241 g/mol. The van der Waals surface area contributed by atoms with Crippen molar-refractivity contribution in [2.45, 2.75) is 19.8 Å². The van der Waals surface area contributed by atoms with Gasteiger partial charge in [-0.25, -0.2) is 4.79 Å². The summed E-state index contributed by atoms with van der Waals surface area (Å²) in [6.45, 7) is 2.67. The van der Waals surface area contributed by atoms with E-state index >= 15 is 0 Å². The van der Waals surface area contributed by atoms with Gasteiger partial charge in [-0.2, -0.15) is 0 Å². The number of thiophene rings is 1. The molecule has 16 heavy (non-hydrogen) atoms. The number of rotatable bonds is 5. The first-order chi connectivity index (χ1) is 7.65. The summed E-state index contributed by atoms with van der Waals surface area (Å²) in [5.41, 5.74) is 5.50. The van der Waals surface area contributed by atoms with Gasteiger partial charge < -0.3 is 11.1 Å². The molecular weight excluding hydrogens is 226 g/mol. The summed E-state index contributed by atoms with van der Waals surface area (Å²) in [7, 11) is 0. The van der Waals surface area contributed by atoms with Gasteiger partial charge in [0.25, 0.3) is 5.91 Å². The Morgan fingerprint density at radius 2 is 2.25 bits per heavy atom. The van der Waals surface area contributed by atoms with E-state index in [4.69, 9.17) is 5.73 Å². The van der Waals surface area contributed by atoms with E-state index in [2.05, 4.69) is 10.6 Å². The number of anilines is 1. The molecule has 6 heteroatoms. The Hall–Kier alpha value is -1.56. The van der Waals surface area contributed by atoms with E-state index in [1.54, 1.807) is 11.4 Å². The minimum atomic E-state index is -0.537. The Kier molecular flexibility index (Phi) is 4.78. The summed E-state index contributed by atoms with van der Waals surface area (Å²) in [5, 5.41) is 7.49. The van der Waals surface area contributed by atoms with Crippen molar-refractivity contribution >= 4 is 28.3 Å². The number of unbranched alkanes of at least 4 members (excludes halogenated alkanes) is 1. The molecule has 0 bridgehead atoms. The molecule has 0 unspecified atom stereocenters. The first-order valence-electron chi connectivity index (χ1n) is 5.07. The second-order valence-corrected chi connectivity index (χ2v) is 4.18. The van der Waals surface area contributed by atoms with Crippen LogP contribution in [0.1, 0.15) is 30.1 Å². The molecule has 0 aromatic carbocycles. The van der Waals surface area contributed by atoms with E-state index in [9.17, 15) is 9.59 Å². The standard InChI is InChI=1S/C10H15N3O2S/c1-2-3-5-12-10(15)13-9-7(8(11)14)4-6-16-9/h4,6H,2-3,5H2,1H3,(H2,11,14)(H2,12,13,15). The molecule has 1 heterocycles. The van der Waals surface area contributed by atoms with Gasteiger partial charge in [-0.3, -0.25) is 10.1 Å². The quantitative estimate of drug-likeness (QED) is 0.686. The van der Waals surface area contributed by atoms with Gasteiger partial charge in [-0.1, -0.05) is 13.3 Å². The number of amides is 3. The second kappa shape index (κ2) is 6.12. The zero-order valence-corrected chi connectivity index (χ0v) is 9.89. The highest BCUT2D eigenvalue weighted by atomic mass is 32.1. The number of carbonyl (C=O) groups excluding carboxylic acids is 2. The highest BCUT2D eigenvalue weighted by Crippen LogP contribution is 2.22. The average Bonchev–Trinajstić information content (AvgIpc) is 2.66. The number of hydrogen-bond donors (Lipinski definition) is 3. The Labute approximate surface area is 98.0 Å². The van der Waals surface area contributed by atoms with E-state index in [1.807, 2.05) is 6.92 Å². The molecular formula is C10H15N3O2S. The Morgan fingerprint density at radius 1 is 1.50 bits per heavy atom. The Balaban J connectivity index is 2.49. The van der Waals surface area contributed by atoms with E-state index in [1.165, 1.54) is 11.3 Å². The van der Waals surface area contributed by atoms with Crippen molar-refractivity contribution in [1.29, 1.82) is 0 Å². The Bertz CT molecular complexity index is 376. The maximum Gasteiger partial charge on any atom is 0.319 e. The lowest BCUT2D eigenvalue weighted by atomic mass is 10.3. The fraction of sp³-hybridized carbons (Fsp3) is 0.400. The number of primary amides is 1. The number of nitrogens with one attached hydrogen (secondary N) is 2. The fourth-order valence-electron chi connectivity index (χ4n) is 1.13. The summed E-state index contributed by atoms with van der Waals surface area (Å²) < 4.78 is 0. The van der Waals surface area contributed by atoms with Crippen molar-refractivity contribution in [2.24, 2.45) is 5.73 Å². The minimum absolute atomic E-state index is 0.307. The van der Waals surface area contributed by atoms with Crippen LogP contribution in [0.25, 0.3) is 0 Å². The molecule has 5 nitrogen and oxygen atoms in total. The number of urea groups is 1. The van der Waals surface area contributed by atoms with Gasteiger partial charge in [0.2, 0.25) is 0 Å². The molecule has 0 aliphatic heterocycles. The molecule has 1 aromatic rings. The normalized spacial score (nSPS) is 9.81. The smallest absolute Gasteiger partial charge is 0.319 e. The molecule has 1 rings (SSSR count). The van der Waals surface area contributed by atoms with Crippen LogP contribution in [-0.4, -0.2) is 18.5 Å². The molecule has 0 spiro atoms. The van der Waals surface area contributed by atoms with Crippen LogP contribution < -0.4 is 16.4 Å². The van der Waals surface area contributed by atoms with Crippen molar-refractivity contribution in [3.05, 3.63) is 17.0 Å². The summed E-state index contributed by atoms with van der Waals surface area (Å²) in [5.74, 6) is -0.537. The van der Waals surface area contributed by atoms with Gasteiger partial charge in [0.15, 0.2) is 0 Å². The highest BCUT2D eigenvalue weighted by Gasteiger charge is 2.11. The number of hydrogen-bond acceptors (Lipinski definition) is 3. The zero-order valence-electron chi connectivity index (χ0n) is 9.08. The largest absolute Gasteiger partial charge is 0.366 e.